The van der Waals surface area contributed by atoms with Gasteiger partial charge in [0.2, 0.25) is 0 Å². The molecular weight excluding hydrogens is 358 g/mol. The van der Waals surface area contributed by atoms with Crippen LogP contribution in [0.15, 0.2) is 61.1 Å². The predicted octanol–water partition coefficient (Wildman–Crippen LogP) is 5.33. The normalized spacial score (nSPS) is 21.7. The van der Waals surface area contributed by atoms with Gasteiger partial charge >= 0.3 is 0 Å². The lowest BCUT2D eigenvalue weighted by atomic mass is 10.1. The first-order valence-corrected chi connectivity index (χ1v) is 10.7. The van der Waals surface area contributed by atoms with E-state index >= 15 is 0 Å². The minimum atomic E-state index is 0.136. The summed E-state index contributed by atoms with van der Waals surface area (Å²) in [5.41, 5.74) is 4.85. The molecule has 2 fully saturated rings. The molecule has 29 heavy (non-hydrogen) atoms. The van der Waals surface area contributed by atoms with E-state index in [1.54, 1.807) is 0 Å². The molecule has 2 aliphatic rings. The Bertz CT molecular complexity index is 1030. The van der Waals surface area contributed by atoms with Gasteiger partial charge in [0.1, 0.15) is 5.75 Å². The van der Waals surface area contributed by atoms with Crippen LogP contribution < -0.4 is 10.1 Å². The van der Waals surface area contributed by atoms with Crippen LogP contribution in [0.25, 0.3) is 10.9 Å². The van der Waals surface area contributed by atoms with E-state index in [1.807, 2.05) is 12.3 Å². The number of hydrogen-bond acceptors (Lipinski definition) is 3. The van der Waals surface area contributed by atoms with Gasteiger partial charge in [-0.25, -0.2) is 0 Å². The highest BCUT2D eigenvalue weighted by Gasteiger charge is 2.40. The maximum atomic E-state index is 5.79. The minimum Gasteiger partial charge on any atom is -0.492 e. The van der Waals surface area contributed by atoms with Crippen molar-refractivity contribution in [2.75, 3.05) is 6.61 Å². The molecule has 1 N–H and O–H groups in total. The number of hydrogen-bond donors (Lipinski definition) is 1. The summed E-state index contributed by atoms with van der Waals surface area (Å²) in [5, 5.41) is 4.88. The van der Waals surface area contributed by atoms with Crippen molar-refractivity contribution in [2.24, 2.45) is 18.9 Å². The molecule has 3 aromatic rings. The number of pyridine rings is 1. The lowest BCUT2D eigenvalue weighted by Gasteiger charge is -2.17. The summed E-state index contributed by atoms with van der Waals surface area (Å²) in [7, 11) is 2.11. The Morgan fingerprint density at radius 3 is 2.90 bits per heavy atom. The van der Waals surface area contributed by atoms with Crippen LogP contribution in [-0.2, 0) is 7.05 Å². The number of fused-ring (bicyclic) bond motifs is 1. The Hall–Kier alpha value is -2.75. The van der Waals surface area contributed by atoms with Gasteiger partial charge in [0.15, 0.2) is 0 Å². The third-order valence-electron chi connectivity index (χ3n) is 6.37. The number of rotatable bonds is 8. The van der Waals surface area contributed by atoms with E-state index in [2.05, 4.69) is 71.9 Å². The predicted molar refractivity (Wildman–Crippen MR) is 117 cm³/mol. The van der Waals surface area contributed by atoms with Gasteiger partial charge in [-0.05, 0) is 73.2 Å². The molecule has 5 rings (SSSR count). The van der Waals surface area contributed by atoms with Gasteiger partial charge in [-0.15, -0.1) is 0 Å². The highest BCUT2D eigenvalue weighted by Crippen LogP contribution is 2.51. The zero-order chi connectivity index (χ0) is 20.0. The van der Waals surface area contributed by atoms with Gasteiger partial charge in [0.05, 0.1) is 24.5 Å². The van der Waals surface area contributed by atoms with Crippen LogP contribution in [0, 0.1) is 11.8 Å². The first-order valence-electron chi connectivity index (χ1n) is 10.7. The summed E-state index contributed by atoms with van der Waals surface area (Å²) in [4.78, 5) is 4.59. The van der Waals surface area contributed by atoms with E-state index in [0.29, 0.717) is 11.8 Å². The van der Waals surface area contributed by atoms with Crippen LogP contribution >= 0.6 is 0 Å². The Labute approximate surface area is 172 Å². The third kappa shape index (κ3) is 3.89. The van der Waals surface area contributed by atoms with Crippen LogP contribution in [0.1, 0.15) is 49.4 Å². The van der Waals surface area contributed by atoms with Gasteiger partial charge in [-0.2, -0.15) is 0 Å². The molecule has 2 unspecified atom stereocenters. The van der Waals surface area contributed by atoms with Gasteiger partial charge in [0.25, 0.3) is 0 Å². The zero-order valence-corrected chi connectivity index (χ0v) is 17.3. The SMILES string of the molecule is C=C(N[C@H](C)c1ccc(OCC2CC2)cn1)C1CC1c1ccc2ccn(C)c2c1. The number of nitrogens with zero attached hydrogens (tertiary/aromatic N) is 2. The molecule has 2 aromatic heterocycles. The summed E-state index contributed by atoms with van der Waals surface area (Å²) in [6.07, 6.45) is 7.73. The van der Waals surface area contributed by atoms with Crippen molar-refractivity contribution in [3.63, 3.8) is 0 Å². The van der Waals surface area contributed by atoms with Crippen molar-refractivity contribution in [1.29, 1.82) is 0 Å². The van der Waals surface area contributed by atoms with Crippen molar-refractivity contribution >= 4 is 10.9 Å². The fourth-order valence-corrected chi connectivity index (χ4v) is 4.15. The zero-order valence-electron chi connectivity index (χ0n) is 17.3. The van der Waals surface area contributed by atoms with E-state index in [-0.39, 0.29) is 6.04 Å². The molecule has 0 radical (unpaired) electrons. The first-order chi connectivity index (χ1) is 14.1. The molecule has 2 aliphatic carbocycles. The van der Waals surface area contributed by atoms with Crippen molar-refractivity contribution in [2.45, 2.75) is 38.1 Å². The molecule has 4 nitrogen and oxygen atoms in total. The standard InChI is InChI=1S/C25H29N3O/c1-16(22-13-23(22)20-7-6-19-10-11-28(3)25(19)12-20)27-17(2)24-9-8-21(14-26-24)29-15-18-4-5-18/h6-12,14,17-18,22-23,27H,1,4-5,13,15H2,2-3H3/t17-,22?,23?/m1/s1. The summed E-state index contributed by atoms with van der Waals surface area (Å²) in [6.45, 7) is 7.30. The number of aryl methyl sites for hydroxylation is 1. The summed E-state index contributed by atoms with van der Waals surface area (Å²) < 4.78 is 7.98. The largest absolute Gasteiger partial charge is 0.492 e. The lowest BCUT2D eigenvalue weighted by molar-refractivity contribution is 0.298. The quantitative estimate of drug-likeness (QED) is 0.568. The Balaban J connectivity index is 1.18. The van der Waals surface area contributed by atoms with Crippen LogP contribution in [0.4, 0.5) is 0 Å². The monoisotopic (exact) mass is 387 g/mol. The smallest absolute Gasteiger partial charge is 0.137 e. The fourth-order valence-electron chi connectivity index (χ4n) is 4.15. The number of aromatic nitrogens is 2. The number of allylic oxidation sites excluding steroid dienone is 1. The Morgan fingerprint density at radius 2 is 2.14 bits per heavy atom. The summed E-state index contributed by atoms with van der Waals surface area (Å²) in [5.74, 6) is 2.68. The van der Waals surface area contributed by atoms with Crippen LogP contribution in [0.3, 0.4) is 0 Å². The van der Waals surface area contributed by atoms with Crippen LogP contribution in [0.5, 0.6) is 5.75 Å². The van der Waals surface area contributed by atoms with E-state index in [4.69, 9.17) is 4.74 Å². The number of ether oxygens (including phenoxy) is 1. The molecule has 1 aromatic carbocycles. The average molecular weight is 388 g/mol. The van der Waals surface area contributed by atoms with Gasteiger partial charge < -0.3 is 14.6 Å². The Kier molecular flexibility index (Phi) is 4.57. The maximum absolute atomic E-state index is 5.79. The Morgan fingerprint density at radius 1 is 1.28 bits per heavy atom. The molecule has 150 valence electrons. The molecule has 3 atom stereocenters. The average Bonchev–Trinajstić information content (AvgIpc) is 3.65. The van der Waals surface area contributed by atoms with Crippen LogP contribution in [-0.4, -0.2) is 16.2 Å². The van der Waals surface area contributed by atoms with Crippen molar-refractivity contribution < 1.29 is 4.74 Å². The summed E-state index contributed by atoms with van der Waals surface area (Å²) >= 11 is 0. The van der Waals surface area contributed by atoms with E-state index in [1.165, 1.54) is 29.3 Å². The molecule has 0 spiro atoms. The second kappa shape index (κ2) is 7.25. The molecule has 2 saturated carbocycles. The van der Waals surface area contributed by atoms with Gasteiger partial charge in [0, 0.05) is 30.4 Å². The molecule has 0 amide bonds. The molecule has 2 heterocycles. The van der Waals surface area contributed by atoms with E-state index in [0.717, 1.165) is 36.1 Å². The molecule has 0 bridgehead atoms. The molecule has 0 aliphatic heterocycles. The minimum absolute atomic E-state index is 0.136. The van der Waals surface area contributed by atoms with E-state index < -0.39 is 0 Å². The number of nitrogens with one attached hydrogen (secondary N) is 1. The van der Waals surface area contributed by atoms with Crippen molar-refractivity contribution in [3.8, 4) is 5.75 Å². The van der Waals surface area contributed by atoms with Crippen molar-refractivity contribution in [1.82, 2.24) is 14.9 Å². The number of benzene rings is 1. The second-order valence-corrected chi connectivity index (χ2v) is 8.76. The maximum Gasteiger partial charge on any atom is 0.137 e. The topological polar surface area (TPSA) is 39.1 Å². The van der Waals surface area contributed by atoms with E-state index in [9.17, 15) is 0 Å². The highest BCUT2D eigenvalue weighted by atomic mass is 16.5. The van der Waals surface area contributed by atoms with Gasteiger partial charge in [-0.1, -0.05) is 18.7 Å². The van der Waals surface area contributed by atoms with Gasteiger partial charge in [-0.3, -0.25) is 4.98 Å². The highest BCUT2D eigenvalue weighted by molar-refractivity contribution is 5.81. The third-order valence-corrected chi connectivity index (χ3v) is 6.37. The first kappa shape index (κ1) is 18.3. The fraction of sp³-hybridized carbons (Fsp3) is 0.400. The molecule has 0 saturated heterocycles. The molecule has 4 heteroatoms. The second-order valence-electron chi connectivity index (χ2n) is 8.76. The van der Waals surface area contributed by atoms with Crippen LogP contribution in [0.2, 0.25) is 0 Å². The van der Waals surface area contributed by atoms with Crippen molar-refractivity contribution in [3.05, 3.63) is 72.3 Å². The lowest BCUT2D eigenvalue weighted by Crippen LogP contribution is -2.19. The summed E-state index contributed by atoms with van der Waals surface area (Å²) in [6, 6.07) is 13.2. The molecular formula is C25H29N3O.